The normalized spacial score (nSPS) is 20.0. The van der Waals surface area contributed by atoms with Gasteiger partial charge in [-0.15, -0.1) is 0 Å². The number of anilines is 1. The third kappa shape index (κ3) is 4.13. The van der Waals surface area contributed by atoms with Crippen LogP contribution in [-0.2, 0) is 4.74 Å². The number of benzene rings is 1. The topological polar surface area (TPSA) is 61.9 Å². The van der Waals surface area contributed by atoms with Crippen molar-refractivity contribution in [3.05, 3.63) is 29.8 Å². The molecule has 0 aromatic heterocycles. The van der Waals surface area contributed by atoms with E-state index in [0.29, 0.717) is 17.3 Å². The van der Waals surface area contributed by atoms with Crippen LogP contribution in [0.25, 0.3) is 0 Å². The van der Waals surface area contributed by atoms with Crippen LogP contribution in [0.2, 0.25) is 0 Å². The van der Waals surface area contributed by atoms with Crippen molar-refractivity contribution in [1.29, 1.82) is 0 Å². The average Bonchev–Trinajstić information content (AvgIpc) is 2.63. The molecule has 0 aliphatic carbocycles. The number of amides is 2. The van der Waals surface area contributed by atoms with E-state index in [9.17, 15) is 9.59 Å². The van der Waals surface area contributed by atoms with Gasteiger partial charge in [-0.1, -0.05) is 12.1 Å². The van der Waals surface area contributed by atoms with E-state index in [1.165, 1.54) is 6.92 Å². The lowest BCUT2D eigenvalue weighted by Crippen LogP contribution is -2.53. The Kier molecular flexibility index (Phi) is 5.48. The van der Waals surface area contributed by atoms with Gasteiger partial charge in [0.2, 0.25) is 0 Å². The van der Waals surface area contributed by atoms with Gasteiger partial charge in [0.1, 0.15) is 0 Å². The van der Waals surface area contributed by atoms with Crippen LogP contribution in [0.1, 0.15) is 30.1 Å². The van der Waals surface area contributed by atoms with Gasteiger partial charge < -0.3 is 15.0 Å². The van der Waals surface area contributed by atoms with Crippen LogP contribution in [0, 0.1) is 0 Å². The standard InChI is InChI=1S/C18H25N3O3/c1-14(22)15-3-2-4-16(13-15)19-18(23)21-9-7-20(8-10-21)17-5-11-24-12-6-17/h2-4,13,17H,5-12H2,1H3,(H,19,23). The van der Waals surface area contributed by atoms with E-state index in [4.69, 9.17) is 4.74 Å². The number of urea groups is 1. The fourth-order valence-corrected chi connectivity index (χ4v) is 3.36. The van der Waals surface area contributed by atoms with Crippen LogP contribution in [0.5, 0.6) is 0 Å². The number of hydrogen-bond donors (Lipinski definition) is 1. The number of Topliss-reactive ketones (excluding diaryl/α,β-unsaturated/α-hetero) is 1. The summed E-state index contributed by atoms with van der Waals surface area (Å²) in [5.41, 5.74) is 1.27. The van der Waals surface area contributed by atoms with E-state index < -0.39 is 0 Å². The van der Waals surface area contributed by atoms with Crippen molar-refractivity contribution in [2.45, 2.75) is 25.8 Å². The number of hydrogen-bond acceptors (Lipinski definition) is 4. The first kappa shape index (κ1) is 16.9. The number of piperazine rings is 1. The lowest BCUT2D eigenvalue weighted by Gasteiger charge is -2.40. The minimum Gasteiger partial charge on any atom is -0.381 e. The Bertz CT molecular complexity index is 591. The zero-order chi connectivity index (χ0) is 16.9. The molecule has 3 rings (SSSR count). The summed E-state index contributed by atoms with van der Waals surface area (Å²) in [6.45, 7) is 6.49. The number of carbonyl (C=O) groups excluding carboxylic acids is 2. The van der Waals surface area contributed by atoms with Crippen molar-refractivity contribution in [1.82, 2.24) is 9.80 Å². The van der Waals surface area contributed by atoms with E-state index in [0.717, 1.165) is 52.2 Å². The summed E-state index contributed by atoms with van der Waals surface area (Å²) in [5, 5.41) is 2.90. The van der Waals surface area contributed by atoms with Gasteiger partial charge in [-0.2, -0.15) is 0 Å². The van der Waals surface area contributed by atoms with Gasteiger partial charge in [-0.05, 0) is 31.9 Å². The van der Waals surface area contributed by atoms with Crippen LogP contribution in [0.15, 0.2) is 24.3 Å². The third-order valence-corrected chi connectivity index (χ3v) is 4.83. The maximum Gasteiger partial charge on any atom is 0.321 e. The third-order valence-electron chi connectivity index (χ3n) is 4.83. The van der Waals surface area contributed by atoms with Crippen LogP contribution in [0.4, 0.5) is 10.5 Å². The number of ether oxygens (including phenoxy) is 1. The van der Waals surface area contributed by atoms with Crippen LogP contribution in [-0.4, -0.2) is 67.0 Å². The van der Waals surface area contributed by atoms with Gasteiger partial charge in [0.15, 0.2) is 5.78 Å². The second kappa shape index (κ2) is 7.77. The smallest absolute Gasteiger partial charge is 0.321 e. The first-order valence-corrected chi connectivity index (χ1v) is 8.62. The highest BCUT2D eigenvalue weighted by Gasteiger charge is 2.27. The highest BCUT2D eigenvalue weighted by atomic mass is 16.5. The lowest BCUT2D eigenvalue weighted by atomic mass is 10.1. The Hall–Kier alpha value is -1.92. The van der Waals surface area contributed by atoms with Crippen molar-refractivity contribution >= 4 is 17.5 Å². The summed E-state index contributed by atoms with van der Waals surface area (Å²) in [6, 6.07) is 7.57. The van der Waals surface area contributed by atoms with Crippen LogP contribution >= 0.6 is 0 Å². The lowest BCUT2D eigenvalue weighted by molar-refractivity contribution is 0.0194. The molecule has 2 heterocycles. The fraction of sp³-hybridized carbons (Fsp3) is 0.556. The second-order valence-corrected chi connectivity index (χ2v) is 6.43. The summed E-state index contributed by atoms with van der Waals surface area (Å²) >= 11 is 0. The molecule has 2 aliphatic rings. The first-order chi connectivity index (χ1) is 11.6. The summed E-state index contributed by atoms with van der Waals surface area (Å²) < 4.78 is 5.42. The molecule has 2 aliphatic heterocycles. The zero-order valence-corrected chi connectivity index (χ0v) is 14.2. The summed E-state index contributed by atoms with van der Waals surface area (Å²) in [7, 11) is 0. The van der Waals surface area contributed by atoms with Gasteiger partial charge >= 0.3 is 6.03 Å². The molecule has 6 nitrogen and oxygen atoms in total. The Labute approximate surface area is 142 Å². The van der Waals surface area contributed by atoms with Crippen molar-refractivity contribution in [2.75, 3.05) is 44.7 Å². The Morgan fingerprint density at radius 3 is 2.50 bits per heavy atom. The molecule has 1 N–H and O–H groups in total. The molecule has 0 bridgehead atoms. The van der Waals surface area contributed by atoms with Crippen LogP contribution in [0.3, 0.4) is 0 Å². The maximum atomic E-state index is 12.4. The SMILES string of the molecule is CC(=O)c1cccc(NC(=O)N2CCN(C3CCOCC3)CC2)c1. The van der Waals surface area contributed by atoms with Gasteiger partial charge in [0.25, 0.3) is 0 Å². The molecule has 24 heavy (non-hydrogen) atoms. The Morgan fingerprint density at radius 2 is 1.83 bits per heavy atom. The maximum absolute atomic E-state index is 12.4. The molecule has 0 saturated carbocycles. The van der Waals surface area contributed by atoms with E-state index in [-0.39, 0.29) is 11.8 Å². The first-order valence-electron chi connectivity index (χ1n) is 8.62. The summed E-state index contributed by atoms with van der Waals surface area (Å²) in [4.78, 5) is 28.2. The Morgan fingerprint density at radius 1 is 1.12 bits per heavy atom. The molecule has 0 radical (unpaired) electrons. The van der Waals surface area contributed by atoms with E-state index in [1.54, 1.807) is 18.2 Å². The van der Waals surface area contributed by atoms with Crippen molar-refractivity contribution in [3.8, 4) is 0 Å². The molecule has 1 aromatic rings. The molecular weight excluding hydrogens is 306 g/mol. The number of nitrogens with zero attached hydrogens (tertiary/aromatic N) is 2. The predicted molar refractivity (Wildman–Crippen MR) is 92.5 cm³/mol. The minimum atomic E-state index is -0.0951. The molecule has 2 fully saturated rings. The molecular formula is C18H25N3O3. The number of ketones is 1. The molecule has 2 amide bonds. The Balaban J connectivity index is 1.51. The zero-order valence-electron chi connectivity index (χ0n) is 14.2. The summed E-state index contributed by atoms with van der Waals surface area (Å²) in [6.07, 6.45) is 2.17. The molecule has 6 heteroatoms. The molecule has 0 atom stereocenters. The molecule has 0 unspecified atom stereocenters. The van der Waals surface area contributed by atoms with Gasteiger partial charge in [-0.3, -0.25) is 9.69 Å². The van der Waals surface area contributed by atoms with Crippen LogP contribution < -0.4 is 5.32 Å². The van der Waals surface area contributed by atoms with E-state index >= 15 is 0 Å². The summed E-state index contributed by atoms with van der Waals surface area (Å²) in [5.74, 6) is -0.00354. The quantitative estimate of drug-likeness (QED) is 0.863. The molecule has 130 valence electrons. The van der Waals surface area contributed by atoms with Gasteiger partial charge in [0, 0.05) is 56.7 Å². The largest absolute Gasteiger partial charge is 0.381 e. The minimum absolute atomic E-state index is 0.00354. The fourth-order valence-electron chi connectivity index (χ4n) is 3.36. The van der Waals surface area contributed by atoms with E-state index in [1.807, 2.05) is 11.0 Å². The van der Waals surface area contributed by atoms with Gasteiger partial charge in [0.05, 0.1) is 0 Å². The van der Waals surface area contributed by atoms with Crippen molar-refractivity contribution in [2.24, 2.45) is 0 Å². The number of carbonyl (C=O) groups is 2. The number of nitrogens with one attached hydrogen (secondary N) is 1. The molecule has 0 spiro atoms. The average molecular weight is 331 g/mol. The number of rotatable bonds is 3. The highest BCUT2D eigenvalue weighted by Crippen LogP contribution is 2.17. The molecule has 1 aromatic carbocycles. The highest BCUT2D eigenvalue weighted by molar-refractivity contribution is 5.96. The van der Waals surface area contributed by atoms with Crippen molar-refractivity contribution < 1.29 is 14.3 Å². The van der Waals surface area contributed by atoms with Gasteiger partial charge in [-0.25, -0.2) is 4.79 Å². The van der Waals surface area contributed by atoms with E-state index in [2.05, 4.69) is 10.2 Å². The monoisotopic (exact) mass is 331 g/mol. The molecule has 2 saturated heterocycles. The predicted octanol–water partition coefficient (Wildman–Crippen LogP) is 2.22. The van der Waals surface area contributed by atoms with Crippen molar-refractivity contribution in [3.63, 3.8) is 0 Å². The second-order valence-electron chi connectivity index (χ2n) is 6.43.